The van der Waals surface area contributed by atoms with E-state index in [1.54, 1.807) is 23.0 Å². The molecular weight excluding hydrogens is 378 g/mol. The average molecular weight is 399 g/mol. The van der Waals surface area contributed by atoms with Gasteiger partial charge in [-0.25, -0.2) is 22.8 Å². The molecule has 0 saturated heterocycles. The third-order valence-corrected chi connectivity index (χ3v) is 5.66. The summed E-state index contributed by atoms with van der Waals surface area (Å²) in [5, 5.41) is 7.12. The topological polar surface area (TPSA) is 106 Å². The normalized spacial score (nSPS) is 11.4. The Balaban J connectivity index is 1.78. The van der Waals surface area contributed by atoms with E-state index in [0.717, 1.165) is 5.69 Å². The minimum absolute atomic E-state index is 0.152. The van der Waals surface area contributed by atoms with Crippen LogP contribution in [-0.2, 0) is 23.0 Å². The van der Waals surface area contributed by atoms with Gasteiger partial charge in [0.25, 0.3) is 5.91 Å². The van der Waals surface area contributed by atoms with Crippen LogP contribution in [0.1, 0.15) is 28.5 Å². The molecule has 9 heteroatoms. The van der Waals surface area contributed by atoms with E-state index >= 15 is 0 Å². The zero-order valence-electron chi connectivity index (χ0n) is 15.6. The van der Waals surface area contributed by atoms with Crippen molar-refractivity contribution in [3.05, 3.63) is 71.7 Å². The van der Waals surface area contributed by atoms with Gasteiger partial charge in [0.2, 0.25) is 10.0 Å². The fourth-order valence-electron chi connectivity index (χ4n) is 2.80. The molecule has 0 bridgehead atoms. The van der Waals surface area contributed by atoms with Crippen molar-refractivity contribution in [1.29, 1.82) is 0 Å². The minimum Gasteiger partial charge on any atom is -0.348 e. The van der Waals surface area contributed by atoms with E-state index in [0.29, 0.717) is 23.4 Å². The molecule has 3 aromatic rings. The average Bonchev–Trinajstić information content (AvgIpc) is 3.17. The maximum absolute atomic E-state index is 12.7. The molecule has 0 fully saturated rings. The smallest absolute Gasteiger partial charge is 0.255 e. The molecular formula is C19H21N5O3S. The van der Waals surface area contributed by atoms with Crippen LogP contribution in [0.4, 0.5) is 0 Å². The first-order valence-electron chi connectivity index (χ1n) is 8.75. The van der Waals surface area contributed by atoms with Crippen LogP contribution in [0.2, 0.25) is 0 Å². The largest absolute Gasteiger partial charge is 0.348 e. The van der Waals surface area contributed by atoms with Crippen LogP contribution in [0.3, 0.4) is 0 Å². The van der Waals surface area contributed by atoms with E-state index in [4.69, 9.17) is 0 Å². The van der Waals surface area contributed by atoms with Gasteiger partial charge in [-0.2, -0.15) is 5.10 Å². The van der Waals surface area contributed by atoms with Crippen molar-refractivity contribution in [1.82, 2.24) is 24.8 Å². The molecule has 0 unspecified atom stereocenters. The molecule has 8 nitrogen and oxygen atoms in total. The number of carbonyl (C=O) groups is 1. The van der Waals surface area contributed by atoms with E-state index in [2.05, 4.69) is 20.1 Å². The summed E-state index contributed by atoms with van der Waals surface area (Å²) in [5.41, 5.74) is 1.90. The third kappa shape index (κ3) is 4.10. The zero-order valence-corrected chi connectivity index (χ0v) is 16.4. The lowest BCUT2D eigenvalue weighted by Gasteiger charge is -2.09. The molecule has 2 heterocycles. The van der Waals surface area contributed by atoms with Crippen LogP contribution in [0.5, 0.6) is 0 Å². The van der Waals surface area contributed by atoms with Crippen LogP contribution in [0.15, 0.2) is 59.8 Å². The third-order valence-electron chi connectivity index (χ3n) is 4.25. The van der Waals surface area contributed by atoms with Crippen molar-refractivity contribution >= 4 is 15.9 Å². The van der Waals surface area contributed by atoms with Gasteiger partial charge in [-0.3, -0.25) is 4.79 Å². The van der Waals surface area contributed by atoms with Gasteiger partial charge in [0, 0.05) is 12.7 Å². The second-order valence-corrected chi connectivity index (χ2v) is 7.88. The van der Waals surface area contributed by atoms with E-state index in [-0.39, 0.29) is 17.3 Å². The van der Waals surface area contributed by atoms with Crippen LogP contribution >= 0.6 is 0 Å². The first kappa shape index (κ1) is 19.7. The predicted molar refractivity (Wildman–Crippen MR) is 105 cm³/mol. The zero-order chi connectivity index (χ0) is 20.1. The molecule has 1 amide bonds. The number of nitrogens with zero attached hydrogens (tertiary/aromatic N) is 3. The molecule has 0 spiro atoms. The van der Waals surface area contributed by atoms with Crippen molar-refractivity contribution in [2.24, 2.45) is 0 Å². The summed E-state index contributed by atoms with van der Waals surface area (Å²) in [6.07, 6.45) is 3.79. The number of aromatic nitrogens is 3. The standard InChI is InChI=1S/C19H21N5O3S/c1-3-17-16(13-23-24(17)18-9-4-5-10-21-18)19(25)22-12-14-7-6-8-15(11-14)28(26,27)20-2/h4-11,13,20H,3,12H2,1-2H3,(H,22,25). The summed E-state index contributed by atoms with van der Waals surface area (Å²) in [5.74, 6) is 0.365. The van der Waals surface area contributed by atoms with Gasteiger partial charge in [0.05, 0.1) is 22.3 Å². The highest BCUT2D eigenvalue weighted by atomic mass is 32.2. The molecule has 0 saturated carbocycles. The first-order valence-corrected chi connectivity index (χ1v) is 10.2. The summed E-state index contributed by atoms with van der Waals surface area (Å²) < 4.78 is 27.8. The fraction of sp³-hybridized carbons (Fsp3) is 0.211. The number of rotatable bonds is 7. The second kappa shape index (κ2) is 8.32. The van der Waals surface area contributed by atoms with Gasteiger partial charge in [-0.1, -0.05) is 25.1 Å². The molecule has 0 atom stereocenters. The summed E-state index contributed by atoms with van der Waals surface area (Å²) in [4.78, 5) is 17.1. The van der Waals surface area contributed by atoms with Crippen molar-refractivity contribution in [3.63, 3.8) is 0 Å². The highest BCUT2D eigenvalue weighted by Crippen LogP contribution is 2.15. The van der Waals surface area contributed by atoms with E-state index in [1.165, 1.54) is 25.4 Å². The summed E-state index contributed by atoms with van der Waals surface area (Å²) >= 11 is 0. The highest BCUT2D eigenvalue weighted by Gasteiger charge is 2.18. The number of amides is 1. The molecule has 0 aliphatic rings. The molecule has 28 heavy (non-hydrogen) atoms. The van der Waals surface area contributed by atoms with Gasteiger partial charge in [-0.15, -0.1) is 0 Å². The van der Waals surface area contributed by atoms with Crippen LogP contribution in [0.25, 0.3) is 5.82 Å². The van der Waals surface area contributed by atoms with Gasteiger partial charge in [-0.05, 0) is 43.3 Å². The molecule has 2 aromatic heterocycles. The number of sulfonamides is 1. The van der Waals surface area contributed by atoms with Crippen LogP contribution < -0.4 is 10.0 Å². The van der Waals surface area contributed by atoms with Crippen LogP contribution in [0, 0.1) is 0 Å². The SMILES string of the molecule is CCc1c(C(=O)NCc2cccc(S(=O)(=O)NC)c2)cnn1-c1ccccn1. The van der Waals surface area contributed by atoms with Gasteiger partial charge < -0.3 is 5.32 Å². The fourth-order valence-corrected chi connectivity index (χ4v) is 3.60. The Bertz CT molecular complexity index is 1080. The summed E-state index contributed by atoms with van der Waals surface area (Å²) in [7, 11) is -2.18. The molecule has 2 N–H and O–H groups in total. The van der Waals surface area contributed by atoms with Crippen molar-refractivity contribution in [2.45, 2.75) is 24.8 Å². The Morgan fingerprint density at radius 1 is 1.18 bits per heavy atom. The van der Waals surface area contributed by atoms with Gasteiger partial charge in [0.15, 0.2) is 5.82 Å². The van der Waals surface area contributed by atoms with Crippen molar-refractivity contribution in [2.75, 3.05) is 7.05 Å². The minimum atomic E-state index is -3.53. The Morgan fingerprint density at radius 3 is 2.68 bits per heavy atom. The lowest BCUT2D eigenvalue weighted by atomic mass is 10.1. The Labute approximate surface area is 163 Å². The van der Waals surface area contributed by atoms with E-state index in [1.807, 2.05) is 25.1 Å². The number of hydrogen-bond donors (Lipinski definition) is 2. The molecule has 146 valence electrons. The lowest BCUT2D eigenvalue weighted by molar-refractivity contribution is 0.0950. The maximum Gasteiger partial charge on any atom is 0.255 e. The lowest BCUT2D eigenvalue weighted by Crippen LogP contribution is -2.24. The van der Waals surface area contributed by atoms with Crippen molar-refractivity contribution < 1.29 is 13.2 Å². The second-order valence-electron chi connectivity index (χ2n) is 6.00. The van der Waals surface area contributed by atoms with Gasteiger partial charge >= 0.3 is 0 Å². The van der Waals surface area contributed by atoms with Gasteiger partial charge in [0.1, 0.15) is 0 Å². The molecule has 1 aromatic carbocycles. The van der Waals surface area contributed by atoms with E-state index < -0.39 is 10.0 Å². The predicted octanol–water partition coefficient (Wildman–Crippen LogP) is 1.67. The maximum atomic E-state index is 12.7. The van der Waals surface area contributed by atoms with E-state index in [9.17, 15) is 13.2 Å². The molecule has 3 rings (SSSR count). The Hall–Kier alpha value is -3.04. The number of benzene rings is 1. The Morgan fingerprint density at radius 2 is 2.00 bits per heavy atom. The summed E-state index contributed by atoms with van der Waals surface area (Å²) in [6.45, 7) is 2.14. The highest BCUT2D eigenvalue weighted by molar-refractivity contribution is 7.89. The first-order chi connectivity index (χ1) is 13.5. The number of nitrogens with one attached hydrogen (secondary N) is 2. The number of pyridine rings is 1. The molecule has 0 aliphatic heterocycles. The summed E-state index contributed by atoms with van der Waals surface area (Å²) in [6, 6.07) is 11.9. The monoisotopic (exact) mass is 399 g/mol. The van der Waals surface area contributed by atoms with Crippen LogP contribution in [-0.4, -0.2) is 36.1 Å². The Kier molecular flexibility index (Phi) is 5.86. The molecule has 0 aliphatic carbocycles. The number of hydrogen-bond acceptors (Lipinski definition) is 5. The molecule has 0 radical (unpaired) electrons. The number of carbonyl (C=O) groups excluding carboxylic acids is 1. The van der Waals surface area contributed by atoms with Crippen molar-refractivity contribution in [3.8, 4) is 5.82 Å². The quantitative estimate of drug-likeness (QED) is 0.629.